The molecule has 0 saturated heterocycles. The highest BCUT2D eigenvalue weighted by atomic mass is 32.1. The van der Waals surface area contributed by atoms with Gasteiger partial charge in [0.25, 0.3) is 11.6 Å². The number of hydrogen-bond acceptors (Lipinski definition) is 8. The Kier molecular flexibility index (Phi) is 6.23. The third kappa shape index (κ3) is 4.99. The molecule has 0 saturated carbocycles. The van der Waals surface area contributed by atoms with Crippen molar-refractivity contribution in [2.45, 2.75) is 26.9 Å². The molecule has 1 aromatic heterocycles. The fraction of sp³-hybridized carbons (Fsp3) is 0.312. The lowest BCUT2D eigenvalue weighted by molar-refractivity contribution is -0.385. The Labute approximate surface area is 153 Å². The molecule has 0 aliphatic carbocycles. The largest absolute Gasteiger partial charge is 0.491 e. The van der Waals surface area contributed by atoms with E-state index in [1.54, 1.807) is 20.8 Å². The third-order valence-electron chi connectivity index (χ3n) is 2.94. The zero-order valence-electron chi connectivity index (χ0n) is 14.3. The lowest BCUT2D eigenvalue weighted by Crippen LogP contribution is -2.13. The fourth-order valence-electron chi connectivity index (χ4n) is 1.96. The van der Waals surface area contributed by atoms with Crippen molar-refractivity contribution in [1.29, 1.82) is 0 Å². The van der Waals surface area contributed by atoms with Crippen LogP contribution in [0.15, 0.2) is 24.4 Å². The molecule has 0 bridgehead atoms. The number of nitrogens with one attached hydrogen (secondary N) is 1. The first-order valence-corrected chi connectivity index (χ1v) is 8.52. The van der Waals surface area contributed by atoms with Crippen LogP contribution in [0, 0.1) is 10.1 Å². The number of non-ortho nitro benzene ring substituents is 1. The van der Waals surface area contributed by atoms with E-state index in [9.17, 15) is 19.7 Å². The number of carbonyl (C=O) groups is 2. The highest BCUT2D eigenvalue weighted by Gasteiger charge is 2.18. The van der Waals surface area contributed by atoms with Gasteiger partial charge in [0.1, 0.15) is 10.6 Å². The number of amides is 1. The van der Waals surface area contributed by atoms with Gasteiger partial charge >= 0.3 is 5.97 Å². The predicted molar refractivity (Wildman–Crippen MR) is 94.9 cm³/mol. The number of nitro benzene ring substituents is 1. The lowest BCUT2D eigenvalue weighted by Gasteiger charge is -2.11. The highest BCUT2D eigenvalue weighted by molar-refractivity contribution is 7.17. The van der Waals surface area contributed by atoms with Crippen molar-refractivity contribution in [3.05, 3.63) is 45.0 Å². The molecule has 0 fully saturated rings. The first-order chi connectivity index (χ1) is 12.3. The first kappa shape index (κ1) is 19.3. The van der Waals surface area contributed by atoms with Crippen molar-refractivity contribution in [3.63, 3.8) is 0 Å². The molecule has 1 aromatic carbocycles. The van der Waals surface area contributed by atoms with Crippen molar-refractivity contribution in [3.8, 4) is 5.75 Å². The molecule has 1 amide bonds. The zero-order chi connectivity index (χ0) is 19.3. The number of nitrogens with zero attached hydrogens (tertiary/aromatic N) is 2. The number of thiazole rings is 1. The van der Waals surface area contributed by atoms with Crippen LogP contribution < -0.4 is 10.1 Å². The van der Waals surface area contributed by atoms with Gasteiger partial charge in [-0.05, 0) is 26.8 Å². The molecule has 138 valence electrons. The average Bonchev–Trinajstić information content (AvgIpc) is 3.02. The summed E-state index contributed by atoms with van der Waals surface area (Å²) >= 11 is 0.947. The van der Waals surface area contributed by atoms with E-state index >= 15 is 0 Å². The summed E-state index contributed by atoms with van der Waals surface area (Å²) in [5.41, 5.74) is -0.220. The molecule has 0 spiro atoms. The standard InChI is InChI=1S/C16H17N3O6S/c1-4-24-15(21)13-8-17-16(26-13)18-14(20)10-5-11(19(22)23)7-12(6-10)25-9(2)3/h5-9H,4H2,1-3H3,(H,17,18,20). The molecule has 1 heterocycles. The van der Waals surface area contributed by atoms with E-state index in [0.717, 1.165) is 17.4 Å². The smallest absolute Gasteiger partial charge is 0.350 e. The van der Waals surface area contributed by atoms with Crippen molar-refractivity contribution in [1.82, 2.24) is 4.98 Å². The maximum Gasteiger partial charge on any atom is 0.350 e. The number of esters is 1. The monoisotopic (exact) mass is 379 g/mol. The summed E-state index contributed by atoms with van der Waals surface area (Å²) in [7, 11) is 0. The van der Waals surface area contributed by atoms with Crippen LogP contribution in [0.25, 0.3) is 0 Å². The van der Waals surface area contributed by atoms with Crippen LogP contribution in [0.3, 0.4) is 0 Å². The Hall–Kier alpha value is -3.01. The molecule has 0 unspecified atom stereocenters. The second-order valence-electron chi connectivity index (χ2n) is 5.34. The van der Waals surface area contributed by atoms with Crippen LogP contribution in [-0.4, -0.2) is 34.5 Å². The van der Waals surface area contributed by atoms with Gasteiger partial charge in [-0.15, -0.1) is 0 Å². The van der Waals surface area contributed by atoms with E-state index in [2.05, 4.69) is 10.3 Å². The second kappa shape index (κ2) is 8.39. The van der Waals surface area contributed by atoms with Gasteiger partial charge in [0, 0.05) is 6.07 Å². The lowest BCUT2D eigenvalue weighted by atomic mass is 10.1. The minimum absolute atomic E-state index is 0.0442. The number of rotatable bonds is 7. The number of benzene rings is 1. The molecular formula is C16H17N3O6S. The van der Waals surface area contributed by atoms with Crippen LogP contribution in [0.4, 0.5) is 10.8 Å². The summed E-state index contributed by atoms with van der Waals surface area (Å²) in [5.74, 6) is -0.925. The van der Waals surface area contributed by atoms with Gasteiger partial charge in [0.05, 0.1) is 35.5 Å². The normalized spacial score (nSPS) is 10.5. The van der Waals surface area contributed by atoms with E-state index in [1.165, 1.54) is 18.3 Å². The van der Waals surface area contributed by atoms with Gasteiger partial charge < -0.3 is 9.47 Å². The highest BCUT2D eigenvalue weighted by Crippen LogP contribution is 2.25. The minimum atomic E-state index is -0.605. The predicted octanol–water partition coefficient (Wildman–Crippen LogP) is 3.27. The van der Waals surface area contributed by atoms with Crippen molar-refractivity contribution in [2.24, 2.45) is 0 Å². The summed E-state index contributed by atoms with van der Waals surface area (Å²) < 4.78 is 10.3. The third-order valence-corrected chi connectivity index (χ3v) is 3.83. The number of aromatic nitrogens is 1. The molecule has 1 N–H and O–H groups in total. The van der Waals surface area contributed by atoms with Gasteiger partial charge in [-0.1, -0.05) is 11.3 Å². The minimum Gasteiger partial charge on any atom is -0.491 e. The molecule has 10 heteroatoms. The Balaban J connectivity index is 2.22. The van der Waals surface area contributed by atoms with Crippen LogP contribution in [-0.2, 0) is 4.74 Å². The first-order valence-electron chi connectivity index (χ1n) is 7.70. The average molecular weight is 379 g/mol. The van der Waals surface area contributed by atoms with Gasteiger partial charge in [-0.2, -0.15) is 0 Å². The number of carbonyl (C=O) groups excluding carboxylic acids is 2. The maximum absolute atomic E-state index is 12.4. The molecule has 0 aliphatic heterocycles. The molecule has 26 heavy (non-hydrogen) atoms. The van der Waals surface area contributed by atoms with E-state index < -0.39 is 16.8 Å². The van der Waals surface area contributed by atoms with Gasteiger partial charge in [0.15, 0.2) is 5.13 Å². The Bertz CT molecular complexity index is 833. The van der Waals surface area contributed by atoms with E-state index in [-0.39, 0.29) is 39.7 Å². The summed E-state index contributed by atoms with van der Waals surface area (Å²) in [4.78, 5) is 38.7. The quantitative estimate of drug-likeness (QED) is 0.445. The summed E-state index contributed by atoms with van der Waals surface area (Å²) in [6.07, 6.45) is 1.08. The SMILES string of the molecule is CCOC(=O)c1cnc(NC(=O)c2cc(OC(C)C)cc([N+](=O)[O-])c2)s1. The summed E-state index contributed by atoms with van der Waals surface area (Å²) in [6, 6.07) is 3.80. The van der Waals surface area contributed by atoms with Gasteiger partial charge in [0.2, 0.25) is 0 Å². The summed E-state index contributed by atoms with van der Waals surface area (Å²) in [5, 5.41) is 13.8. The Morgan fingerprint density at radius 3 is 2.69 bits per heavy atom. The summed E-state index contributed by atoms with van der Waals surface area (Å²) in [6.45, 7) is 5.45. The van der Waals surface area contributed by atoms with E-state index in [0.29, 0.717) is 0 Å². The Morgan fingerprint density at radius 2 is 2.08 bits per heavy atom. The molecule has 2 rings (SSSR count). The molecule has 0 aliphatic rings. The van der Waals surface area contributed by atoms with Gasteiger partial charge in [-0.25, -0.2) is 9.78 Å². The van der Waals surface area contributed by atoms with E-state index in [1.807, 2.05) is 0 Å². The molecule has 0 radical (unpaired) electrons. The molecule has 0 atom stereocenters. The molecule has 2 aromatic rings. The maximum atomic E-state index is 12.4. The van der Waals surface area contributed by atoms with E-state index in [4.69, 9.17) is 9.47 Å². The van der Waals surface area contributed by atoms with Gasteiger partial charge in [-0.3, -0.25) is 20.2 Å². The van der Waals surface area contributed by atoms with Crippen LogP contribution in [0.5, 0.6) is 5.75 Å². The zero-order valence-corrected chi connectivity index (χ0v) is 15.2. The van der Waals surface area contributed by atoms with Crippen LogP contribution in [0.2, 0.25) is 0 Å². The van der Waals surface area contributed by atoms with Crippen LogP contribution in [0.1, 0.15) is 40.8 Å². The number of nitro groups is 1. The fourth-order valence-corrected chi connectivity index (χ4v) is 2.66. The number of anilines is 1. The number of hydrogen-bond donors (Lipinski definition) is 1. The van der Waals surface area contributed by atoms with Crippen molar-refractivity contribution >= 4 is 34.0 Å². The van der Waals surface area contributed by atoms with Crippen molar-refractivity contribution in [2.75, 3.05) is 11.9 Å². The molecular weight excluding hydrogens is 362 g/mol. The topological polar surface area (TPSA) is 121 Å². The number of ether oxygens (including phenoxy) is 2. The molecule has 9 nitrogen and oxygen atoms in total. The Morgan fingerprint density at radius 1 is 1.35 bits per heavy atom. The van der Waals surface area contributed by atoms with Crippen LogP contribution >= 0.6 is 11.3 Å². The second-order valence-corrected chi connectivity index (χ2v) is 6.37. The van der Waals surface area contributed by atoms with Crippen molar-refractivity contribution < 1.29 is 24.0 Å².